The third-order valence-electron chi connectivity index (χ3n) is 4.63. The van der Waals surface area contributed by atoms with Crippen LogP contribution in [0, 0.1) is 5.92 Å². The Kier molecular flexibility index (Phi) is 2.40. The van der Waals surface area contributed by atoms with Crippen LogP contribution in [-0.4, -0.2) is 29.1 Å². The van der Waals surface area contributed by atoms with Crippen molar-refractivity contribution in [3.63, 3.8) is 0 Å². The molecule has 1 aliphatic heterocycles. The molecule has 0 aromatic rings. The van der Waals surface area contributed by atoms with Gasteiger partial charge in [-0.25, -0.2) is 0 Å². The largest absolute Gasteiger partial charge is 0.459 e. The van der Waals surface area contributed by atoms with Crippen LogP contribution in [0.2, 0.25) is 0 Å². The van der Waals surface area contributed by atoms with Gasteiger partial charge in [0.1, 0.15) is 5.60 Å². The minimum absolute atomic E-state index is 0.0272. The zero-order valence-electron chi connectivity index (χ0n) is 11.6. The summed E-state index contributed by atoms with van der Waals surface area (Å²) in [5.74, 6) is -0.211. The lowest BCUT2D eigenvalue weighted by molar-refractivity contribution is -0.166. The van der Waals surface area contributed by atoms with Gasteiger partial charge in [0.25, 0.3) is 0 Å². The van der Waals surface area contributed by atoms with Crippen LogP contribution in [0.15, 0.2) is 0 Å². The molecule has 0 N–H and O–H groups in total. The molecule has 2 saturated carbocycles. The summed E-state index contributed by atoms with van der Waals surface area (Å²) < 4.78 is 17.7. The second kappa shape index (κ2) is 3.48. The molecule has 1 saturated heterocycles. The second-order valence-electron chi connectivity index (χ2n) is 6.72. The van der Waals surface area contributed by atoms with Crippen molar-refractivity contribution < 1.29 is 19.0 Å². The number of esters is 1. The molecule has 1 heterocycles. The van der Waals surface area contributed by atoms with E-state index in [4.69, 9.17) is 14.2 Å². The smallest absolute Gasteiger partial charge is 0.303 e. The summed E-state index contributed by atoms with van der Waals surface area (Å²) in [6.07, 6.45) is 3.83. The van der Waals surface area contributed by atoms with Gasteiger partial charge < -0.3 is 14.2 Å². The maximum absolute atomic E-state index is 11.3. The quantitative estimate of drug-likeness (QED) is 0.674. The predicted molar refractivity (Wildman–Crippen MR) is 64.9 cm³/mol. The van der Waals surface area contributed by atoms with Gasteiger partial charge in [0.05, 0.1) is 11.7 Å². The standard InChI is InChI=1S/C14H22O4/c1-9(15)16-14-7-10(14)5-6-13(4)11(8-14)17-12(2,3)18-13/h10-11H,5-8H2,1-4H3/t10?,11-,13+,14?/m0/s1. The summed E-state index contributed by atoms with van der Waals surface area (Å²) >= 11 is 0. The summed E-state index contributed by atoms with van der Waals surface area (Å²) in [7, 11) is 0. The van der Waals surface area contributed by atoms with Crippen molar-refractivity contribution in [3.05, 3.63) is 0 Å². The first-order valence-corrected chi connectivity index (χ1v) is 6.82. The summed E-state index contributed by atoms with van der Waals surface area (Å²) in [6, 6.07) is 0. The SMILES string of the molecule is CC(=O)OC12CC1CC[C@@]1(C)OC(C)(C)O[C@H]1C2. The lowest BCUT2D eigenvalue weighted by atomic mass is 9.92. The fraction of sp³-hybridized carbons (Fsp3) is 0.929. The topological polar surface area (TPSA) is 44.8 Å². The molecule has 3 aliphatic rings. The number of rotatable bonds is 1. The van der Waals surface area contributed by atoms with E-state index in [2.05, 4.69) is 6.92 Å². The molecule has 0 spiro atoms. The van der Waals surface area contributed by atoms with Gasteiger partial charge in [-0.15, -0.1) is 0 Å². The van der Waals surface area contributed by atoms with Crippen LogP contribution in [-0.2, 0) is 19.0 Å². The Hall–Kier alpha value is -0.610. The monoisotopic (exact) mass is 254 g/mol. The highest BCUT2D eigenvalue weighted by Crippen LogP contribution is 2.59. The van der Waals surface area contributed by atoms with Crippen molar-refractivity contribution in [2.75, 3.05) is 0 Å². The average Bonchev–Trinajstić information content (AvgIpc) is 2.79. The zero-order chi connectivity index (χ0) is 13.2. The Balaban J connectivity index is 1.81. The van der Waals surface area contributed by atoms with Crippen molar-refractivity contribution in [2.45, 2.75) is 76.5 Å². The first kappa shape index (κ1) is 12.4. The molecule has 0 radical (unpaired) electrons. The summed E-state index contributed by atoms with van der Waals surface area (Å²) in [5, 5.41) is 0. The maximum atomic E-state index is 11.3. The van der Waals surface area contributed by atoms with Crippen LogP contribution in [0.25, 0.3) is 0 Å². The van der Waals surface area contributed by atoms with Gasteiger partial charge in [-0.3, -0.25) is 4.79 Å². The molecule has 4 atom stereocenters. The Morgan fingerprint density at radius 1 is 1.28 bits per heavy atom. The van der Waals surface area contributed by atoms with Gasteiger partial charge >= 0.3 is 5.97 Å². The third kappa shape index (κ3) is 1.86. The van der Waals surface area contributed by atoms with Crippen LogP contribution in [0.1, 0.15) is 53.4 Å². The molecule has 102 valence electrons. The molecular weight excluding hydrogens is 232 g/mol. The fourth-order valence-corrected chi connectivity index (χ4v) is 3.79. The zero-order valence-corrected chi connectivity index (χ0v) is 11.6. The number of fused-ring (bicyclic) bond motifs is 2. The number of carbonyl (C=O) groups is 1. The summed E-state index contributed by atoms with van der Waals surface area (Å²) in [6.45, 7) is 7.52. The van der Waals surface area contributed by atoms with E-state index < -0.39 is 5.79 Å². The summed E-state index contributed by atoms with van der Waals surface area (Å²) in [5.41, 5.74) is -0.498. The van der Waals surface area contributed by atoms with Gasteiger partial charge in [0.2, 0.25) is 0 Å². The Morgan fingerprint density at radius 2 is 2.00 bits per heavy atom. The van der Waals surface area contributed by atoms with E-state index in [9.17, 15) is 4.79 Å². The highest BCUT2D eigenvalue weighted by atomic mass is 16.8. The predicted octanol–water partition coefficient (Wildman–Crippen LogP) is 2.40. The minimum Gasteiger partial charge on any atom is -0.459 e. The Bertz CT molecular complexity index is 391. The molecular formula is C14H22O4. The first-order chi connectivity index (χ1) is 8.25. The highest BCUT2D eigenvalue weighted by Gasteiger charge is 2.65. The molecule has 0 amide bonds. The van der Waals surface area contributed by atoms with Gasteiger partial charge in [0, 0.05) is 19.3 Å². The van der Waals surface area contributed by atoms with E-state index in [0.717, 1.165) is 25.7 Å². The molecule has 0 aromatic heterocycles. The van der Waals surface area contributed by atoms with E-state index in [1.165, 1.54) is 6.92 Å². The lowest BCUT2D eigenvalue weighted by Crippen LogP contribution is -2.38. The van der Waals surface area contributed by atoms with Gasteiger partial charge in [-0.1, -0.05) is 0 Å². The molecule has 18 heavy (non-hydrogen) atoms. The van der Waals surface area contributed by atoms with Crippen molar-refractivity contribution in [3.8, 4) is 0 Å². The third-order valence-corrected chi connectivity index (χ3v) is 4.63. The van der Waals surface area contributed by atoms with E-state index >= 15 is 0 Å². The first-order valence-electron chi connectivity index (χ1n) is 6.82. The average molecular weight is 254 g/mol. The van der Waals surface area contributed by atoms with E-state index in [-0.39, 0.29) is 23.3 Å². The Labute approximate surface area is 108 Å². The normalized spacial score (nSPS) is 48.9. The number of carbonyl (C=O) groups excluding carboxylic acids is 1. The summed E-state index contributed by atoms with van der Waals surface area (Å²) in [4.78, 5) is 11.3. The van der Waals surface area contributed by atoms with E-state index in [0.29, 0.717) is 5.92 Å². The molecule has 2 aliphatic carbocycles. The van der Waals surface area contributed by atoms with Crippen LogP contribution in [0.3, 0.4) is 0 Å². The van der Waals surface area contributed by atoms with E-state index in [1.807, 2.05) is 13.8 Å². The van der Waals surface area contributed by atoms with Crippen LogP contribution < -0.4 is 0 Å². The van der Waals surface area contributed by atoms with Crippen molar-refractivity contribution >= 4 is 5.97 Å². The lowest BCUT2D eigenvalue weighted by Gasteiger charge is -2.28. The van der Waals surface area contributed by atoms with E-state index in [1.54, 1.807) is 0 Å². The molecule has 4 nitrogen and oxygen atoms in total. The van der Waals surface area contributed by atoms with Crippen molar-refractivity contribution in [1.29, 1.82) is 0 Å². The molecule has 0 bridgehead atoms. The maximum Gasteiger partial charge on any atom is 0.303 e. The molecule has 0 aromatic carbocycles. The Morgan fingerprint density at radius 3 is 2.67 bits per heavy atom. The second-order valence-corrected chi connectivity index (χ2v) is 6.72. The molecule has 2 unspecified atom stereocenters. The highest BCUT2D eigenvalue weighted by molar-refractivity contribution is 5.67. The van der Waals surface area contributed by atoms with Gasteiger partial charge in [-0.05, 0) is 40.0 Å². The van der Waals surface area contributed by atoms with Crippen LogP contribution >= 0.6 is 0 Å². The van der Waals surface area contributed by atoms with Crippen LogP contribution in [0.4, 0.5) is 0 Å². The number of hydrogen-bond acceptors (Lipinski definition) is 4. The number of hydrogen-bond donors (Lipinski definition) is 0. The van der Waals surface area contributed by atoms with Gasteiger partial charge in [-0.2, -0.15) is 0 Å². The minimum atomic E-state index is -0.529. The molecule has 3 rings (SSSR count). The van der Waals surface area contributed by atoms with Gasteiger partial charge in [0.15, 0.2) is 5.79 Å². The van der Waals surface area contributed by atoms with Crippen molar-refractivity contribution in [2.24, 2.45) is 5.92 Å². The van der Waals surface area contributed by atoms with Crippen molar-refractivity contribution in [1.82, 2.24) is 0 Å². The molecule has 3 fully saturated rings. The number of ether oxygens (including phenoxy) is 3. The molecule has 4 heteroatoms. The van der Waals surface area contributed by atoms with Crippen LogP contribution in [0.5, 0.6) is 0 Å². The fourth-order valence-electron chi connectivity index (χ4n) is 3.79.